The van der Waals surface area contributed by atoms with Crippen LogP contribution in [0, 0.1) is 5.92 Å². The standard InChI is InChI=1S/C16H22FNO3/c17-16(8-6-13(10-19)7-9-16)12-18-15(20)21-11-14-4-2-1-3-5-14/h1-5,13,19H,6-12H2,(H,18,20). The number of carbonyl (C=O) groups is 1. The molecule has 2 N–H and O–H groups in total. The quantitative estimate of drug-likeness (QED) is 0.878. The van der Waals surface area contributed by atoms with Gasteiger partial charge in [-0.2, -0.15) is 0 Å². The number of aliphatic hydroxyl groups excluding tert-OH is 1. The van der Waals surface area contributed by atoms with E-state index in [0.29, 0.717) is 25.7 Å². The molecule has 0 saturated heterocycles. The van der Waals surface area contributed by atoms with E-state index in [-0.39, 0.29) is 25.7 Å². The highest BCUT2D eigenvalue weighted by Gasteiger charge is 2.35. The zero-order valence-electron chi connectivity index (χ0n) is 12.1. The third-order valence-electron chi connectivity index (χ3n) is 4.02. The molecule has 1 aromatic rings. The number of alkyl carbamates (subject to hydrolysis) is 1. The molecule has 1 aliphatic rings. The maximum Gasteiger partial charge on any atom is 0.407 e. The van der Waals surface area contributed by atoms with Gasteiger partial charge in [-0.3, -0.25) is 0 Å². The molecule has 0 aromatic heterocycles. The van der Waals surface area contributed by atoms with E-state index in [2.05, 4.69) is 5.32 Å². The number of amides is 1. The Morgan fingerprint density at radius 3 is 2.62 bits per heavy atom. The van der Waals surface area contributed by atoms with Crippen molar-refractivity contribution in [3.05, 3.63) is 35.9 Å². The third-order valence-corrected chi connectivity index (χ3v) is 4.02. The van der Waals surface area contributed by atoms with Gasteiger partial charge >= 0.3 is 6.09 Å². The van der Waals surface area contributed by atoms with E-state index >= 15 is 0 Å². The van der Waals surface area contributed by atoms with Crippen LogP contribution in [-0.4, -0.2) is 30.0 Å². The number of nitrogens with one attached hydrogen (secondary N) is 1. The molecule has 4 nitrogen and oxygen atoms in total. The minimum absolute atomic E-state index is 0.0290. The number of benzene rings is 1. The number of hydrogen-bond donors (Lipinski definition) is 2. The molecule has 0 atom stereocenters. The highest BCUT2D eigenvalue weighted by Crippen LogP contribution is 2.34. The maximum atomic E-state index is 14.5. The molecule has 0 radical (unpaired) electrons. The van der Waals surface area contributed by atoms with Crippen molar-refractivity contribution in [3.63, 3.8) is 0 Å². The molecule has 0 spiro atoms. The van der Waals surface area contributed by atoms with Crippen LogP contribution < -0.4 is 5.32 Å². The fraction of sp³-hybridized carbons (Fsp3) is 0.562. The van der Waals surface area contributed by atoms with Crippen LogP contribution in [0.3, 0.4) is 0 Å². The Morgan fingerprint density at radius 1 is 1.33 bits per heavy atom. The summed E-state index contributed by atoms with van der Waals surface area (Å²) in [4.78, 5) is 11.6. The summed E-state index contributed by atoms with van der Waals surface area (Å²) in [6.45, 7) is 0.264. The Hall–Kier alpha value is -1.62. The Labute approximate surface area is 124 Å². The summed E-state index contributed by atoms with van der Waals surface area (Å²) in [6, 6.07) is 9.35. The SMILES string of the molecule is O=C(NCC1(F)CCC(CO)CC1)OCc1ccccc1. The minimum Gasteiger partial charge on any atom is -0.445 e. The van der Waals surface area contributed by atoms with Crippen LogP contribution in [0.4, 0.5) is 9.18 Å². The molecule has 21 heavy (non-hydrogen) atoms. The molecule has 1 aliphatic carbocycles. The van der Waals surface area contributed by atoms with E-state index < -0.39 is 11.8 Å². The summed E-state index contributed by atoms with van der Waals surface area (Å²) in [7, 11) is 0. The average molecular weight is 295 g/mol. The van der Waals surface area contributed by atoms with Gasteiger partial charge in [0.25, 0.3) is 0 Å². The van der Waals surface area contributed by atoms with E-state index in [1.165, 1.54) is 0 Å². The van der Waals surface area contributed by atoms with Gasteiger partial charge < -0.3 is 15.2 Å². The van der Waals surface area contributed by atoms with Crippen molar-refractivity contribution in [2.45, 2.75) is 38.0 Å². The number of aliphatic hydroxyl groups is 1. The zero-order valence-corrected chi connectivity index (χ0v) is 12.1. The third kappa shape index (κ3) is 5.01. The van der Waals surface area contributed by atoms with Crippen molar-refractivity contribution in [3.8, 4) is 0 Å². The van der Waals surface area contributed by atoms with Crippen molar-refractivity contribution in [1.82, 2.24) is 5.32 Å². The summed E-state index contributed by atoms with van der Waals surface area (Å²) in [5, 5.41) is 11.5. The lowest BCUT2D eigenvalue weighted by molar-refractivity contribution is 0.0602. The van der Waals surface area contributed by atoms with Gasteiger partial charge in [0, 0.05) is 6.61 Å². The summed E-state index contributed by atoms with van der Waals surface area (Å²) >= 11 is 0. The second kappa shape index (κ2) is 7.41. The van der Waals surface area contributed by atoms with E-state index in [1.54, 1.807) is 0 Å². The summed E-state index contributed by atoms with van der Waals surface area (Å²) in [5.74, 6) is 0.193. The Kier molecular flexibility index (Phi) is 5.56. The summed E-state index contributed by atoms with van der Waals surface area (Å²) in [6.07, 6.45) is 1.47. The number of halogens is 1. The van der Waals surface area contributed by atoms with E-state index in [9.17, 15) is 9.18 Å². The Balaban J connectivity index is 1.69. The average Bonchev–Trinajstić information content (AvgIpc) is 2.53. The van der Waals surface area contributed by atoms with Crippen molar-refractivity contribution < 1.29 is 19.0 Å². The molecular weight excluding hydrogens is 273 g/mol. The van der Waals surface area contributed by atoms with E-state index in [1.807, 2.05) is 30.3 Å². The van der Waals surface area contributed by atoms with E-state index in [4.69, 9.17) is 9.84 Å². The summed E-state index contributed by atoms with van der Waals surface area (Å²) < 4.78 is 19.5. The van der Waals surface area contributed by atoms with Crippen molar-refractivity contribution in [1.29, 1.82) is 0 Å². The molecule has 116 valence electrons. The molecule has 1 aromatic carbocycles. The Morgan fingerprint density at radius 2 is 2.00 bits per heavy atom. The van der Waals surface area contributed by atoms with Crippen molar-refractivity contribution >= 4 is 6.09 Å². The zero-order chi connectivity index (χ0) is 15.1. The van der Waals surface area contributed by atoms with Crippen molar-refractivity contribution in [2.24, 2.45) is 5.92 Å². The van der Waals surface area contributed by atoms with Crippen LogP contribution in [0.15, 0.2) is 30.3 Å². The summed E-state index contributed by atoms with van der Waals surface area (Å²) in [5.41, 5.74) is -0.483. The molecule has 1 amide bonds. The van der Waals surface area contributed by atoms with Crippen LogP contribution in [0.2, 0.25) is 0 Å². The predicted octanol–water partition coefficient (Wildman–Crippen LogP) is 2.80. The van der Waals surface area contributed by atoms with Gasteiger partial charge in [0.2, 0.25) is 0 Å². The molecule has 1 saturated carbocycles. The fourth-order valence-corrected chi connectivity index (χ4v) is 2.56. The first-order valence-electron chi connectivity index (χ1n) is 7.36. The van der Waals surface area contributed by atoms with Gasteiger partial charge in [-0.25, -0.2) is 9.18 Å². The van der Waals surface area contributed by atoms with Crippen LogP contribution in [0.1, 0.15) is 31.2 Å². The molecular formula is C16H22FNO3. The molecule has 0 unspecified atom stereocenters. The smallest absolute Gasteiger partial charge is 0.407 e. The molecule has 0 bridgehead atoms. The fourth-order valence-electron chi connectivity index (χ4n) is 2.56. The monoisotopic (exact) mass is 295 g/mol. The van der Waals surface area contributed by atoms with Gasteiger partial charge in [0.15, 0.2) is 0 Å². The van der Waals surface area contributed by atoms with Gasteiger partial charge in [-0.15, -0.1) is 0 Å². The maximum absolute atomic E-state index is 14.5. The highest BCUT2D eigenvalue weighted by atomic mass is 19.1. The van der Waals surface area contributed by atoms with Crippen LogP contribution in [-0.2, 0) is 11.3 Å². The van der Waals surface area contributed by atoms with Gasteiger partial charge in [0.1, 0.15) is 12.3 Å². The first kappa shape index (κ1) is 15.8. The first-order valence-corrected chi connectivity index (χ1v) is 7.36. The number of carbonyl (C=O) groups excluding carboxylic acids is 1. The molecule has 0 heterocycles. The number of rotatable bonds is 5. The largest absolute Gasteiger partial charge is 0.445 e. The lowest BCUT2D eigenvalue weighted by atomic mass is 9.80. The van der Waals surface area contributed by atoms with Gasteiger partial charge in [-0.1, -0.05) is 30.3 Å². The predicted molar refractivity (Wildman–Crippen MR) is 77.5 cm³/mol. The lowest BCUT2D eigenvalue weighted by Gasteiger charge is -2.33. The molecule has 2 rings (SSSR count). The van der Waals surface area contributed by atoms with Gasteiger partial charge in [0.05, 0.1) is 6.54 Å². The van der Waals surface area contributed by atoms with Crippen LogP contribution in [0.25, 0.3) is 0 Å². The van der Waals surface area contributed by atoms with Crippen molar-refractivity contribution in [2.75, 3.05) is 13.2 Å². The van der Waals surface area contributed by atoms with Crippen LogP contribution >= 0.6 is 0 Å². The minimum atomic E-state index is -1.38. The Bertz CT molecular complexity index is 444. The highest BCUT2D eigenvalue weighted by molar-refractivity contribution is 5.67. The molecule has 1 fully saturated rings. The molecule has 5 heteroatoms. The van der Waals surface area contributed by atoms with Crippen LogP contribution in [0.5, 0.6) is 0 Å². The topological polar surface area (TPSA) is 58.6 Å². The molecule has 0 aliphatic heterocycles. The second-order valence-corrected chi connectivity index (χ2v) is 5.69. The normalized spacial score (nSPS) is 25.3. The number of hydrogen-bond acceptors (Lipinski definition) is 3. The number of alkyl halides is 1. The van der Waals surface area contributed by atoms with Gasteiger partial charge in [-0.05, 0) is 37.2 Å². The lowest BCUT2D eigenvalue weighted by Crippen LogP contribution is -2.42. The van der Waals surface area contributed by atoms with E-state index in [0.717, 1.165) is 5.56 Å². The number of ether oxygens (including phenoxy) is 1. The first-order chi connectivity index (χ1) is 10.1. The second-order valence-electron chi connectivity index (χ2n) is 5.69.